The highest BCUT2D eigenvalue weighted by molar-refractivity contribution is 5.90. The Morgan fingerprint density at radius 1 is 1.18 bits per heavy atom. The predicted molar refractivity (Wildman–Crippen MR) is 105 cm³/mol. The topological polar surface area (TPSA) is 99.0 Å². The number of aryl methyl sites for hydroxylation is 1. The van der Waals surface area contributed by atoms with Crippen molar-refractivity contribution < 1.29 is 9.53 Å². The summed E-state index contributed by atoms with van der Waals surface area (Å²) in [5.41, 5.74) is 1.83. The number of nitrogens with zero attached hydrogens (tertiary/aromatic N) is 4. The van der Waals surface area contributed by atoms with Gasteiger partial charge in [0.2, 0.25) is 5.91 Å². The van der Waals surface area contributed by atoms with Crippen LogP contribution in [0, 0.1) is 13.8 Å². The number of anilines is 1. The van der Waals surface area contributed by atoms with E-state index in [9.17, 15) is 9.59 Å². The number of benzene rings is 1. The fourth-order valence-electron chi connectivity index (χ4n) is 2.66. The summed E-state index contributed by atoms with van der Waals surface area (Å²) >= 11 is 0. The van der Waals surface area contributed by atoms with Gasteiger partial charge in [-0.15, -0.1) is 0 Å². The molecule has 1 aromatic carbocycles. The summed E-state index contributed by atoms with van der Waals surface area (Å²) in [5.74, 6) is 0.685. The van der Waals surface area contributed by atoms with Gasteiger partial charge in [0.25, 0.3) is 5.56 Å². The first kappa shape index (κ1) is 19.2. The molecule has 2 heterocycles. The molecule has 8 heteroatoms. The molecule has 0 saturated carbocycles. The molecule has 0 atom stereocenters. The number of ether oxygens (including phenoxy) is 1. The van der Waals surface area contributed by atoms with E-state index in [-0.39, 0.29) is 18.0 Å². The van der Waals surface area contributed by atoms with E-state index in [1.807, 2.05) is 6.92 Å². The summed E-state index contributed by atoms with van der Waals surface area (Å²) in [7, 11) is 0. The van der Waals surface area contributed by atoms with Crippen LogP contribution >= 0.6 is 0 Å². The summed E-state index contributed by atoms with van der Waals surface area (Å²) in [4.78, 5) is 38.0. The lowest BCUT2D eigenvalue weighted by Gasteiger charge is -2.14. The third-order valence-electron chi connectivity index (χ3n) is 4.18. The van der Waals surface area contributed by atoms with Gasteiger partial charge in [-0.25, -0.2) is 9.97 Å². The quantitative estimate of drug-likeness (QED) is 0.706. The molecule has 0 bridgehead atoms. The van der Waals surface area contributed by atoms with Crippen LogP contribution in [0.5, 0.6) is 5.75 Å². The molecule has 0 aliphatic heterocycles. The van der Waals surface area contributed by atoms with Crippen LogP contribution in [0.2, 0.25) is 0 Å². The lowest BCUT2D eigenvalue weighted by Crippen LogP contribution is -2.32. The average molecular weight is 379 g/mol. The van der Waals surface area contributed by atoms with Crippen LogP contribution < -0.4 is 15.6 Å². The summed E-state index contributed by atoms with van der Waals surface area (Å²) in [6.07, 6.45) is 4.56. The molecule has 3 rings (SSSR count). The van der Waals surface area contributed by atoms with E-state index in [2.05, 4.69) is 20.3 Å². The molecular formula is C20H21N5O3. The Hall–Kier alpha value is -3.55. The highest BCUT2D eigenvalue weighted by atomic mass is 16.5. The lowest BCUT2D eigenvalue weighted by molar-refractivity contribution is -0.116. The van der Waals surface area contributed by atoms with Crippen LogP contribution in [0.3, 0.4) is 0 Å². The summed E-state index contributed by atoms with van der Waals surface area (Å²) in [5, 5.41) is 2.78. The van der Waals surface area contributed by atoms with Crippen LogP contribution in [-0.4, -0.2) is 32.0 Å². The predicted octanol–water partition coefficient (Wildman–Crippen LogP) is 2.35. The van der Waals surface area contributed by atoms with Gasteiger partial charge < -0.3 is 10.1 Å². The number of hydrogen-bond acceptors (Lipinski definition) is 6. The molecule has 2 aromatic heterocycles. The van der Waals surface area contributed by atoms with E-state index < -0.39 is 0 Å². The number of carbonyl (C=O) groups excluding carboxylic acids is 1. The van der Waals surface area contributed by atoms with E-state index in [0.717, 1.165) is 5.75 Å². The van der Waals surface area contributed by atoms with Crippen molar-refractivity contribution in [3.8, 4) is 17.3 Å². The van der Waals surface area contributed by atoms with E-state index in [1.165, 1.54) is 23.2 Å². The van der Waals surface area contributed by atoms with Crippen molar-refractivity contribution in [1.82, 2.24) is 19.5 Å². The van der Waals surface area contributed by atoms with Crippen molar-refractivity contribution in [3.05, 3.63) is 64.5 Å². The second-order valence-corrected chi connectivity index (χ2v) is 6.13. The summed E-state index contributed by atoms with van der Waals surface area (Å²) < 4.78 is 6.70. The Balaban J connectivity index is 1.87. The molecule has 0 unspecified atom stereocenters. The third kappa shape index (κ3) is 4.22. The molecule has 3 aromatic rings. The van der Waals surface area contributed by atoms with E-state index in [4.69, 9.17) is 4.74 Å². The molecule has 0 spiro atoms. The van der Waals surface area contributed by atoms with E-state index in [0.29, 0.717) is 35.1 Å². The summed E-state index contributed by atoms with van der Waals surface area (Å²) in [6, 6.07) is 7.03. The number of nitrogens with one attached hydrogen (secondary N) is 1. The molecule has 1 amide bonds. The Morgan fingerprint density at radius 3 is 2.57 bits per heavy atom. The number of amides is 1. The molecule has 144 valence electrons. The zero-order valence-corrected chi connectivity index (χ0v) is 16.0. The molecule has 0 aliphatic carbocycles. The van der Waals surface area contributed by atoms with E-state index in [1.54, 1.807) is 38.1 Å². The Labute approximate surface area is 162 Å². The van der Waals surface area contributed by atoms with Gasteiger partial charge >= 0.3 is 0 Å². The first-order chi connectivity index (χ1) is 13.5. The van der Waals surface area contributed by atoms with Crippen LogP contribution in [0.1, 0.15) is 18.2 Å². The van der Waals surface area contributed by atoms with Gasteiger partial charge in [0.15, 0.2) is 5.82 Å². The van der Waals surface area contributed by atoms with E-state index >= 15 is 0 Å². The van der Waals surface area contributed by atoms with Gasteiger partial charge in [-0.1, -0.05) is 0 Å². The first-order valence-corrected chi connectivity index (χ1v) is 8.86. The Morgan fingerprint density at radius 2 is 1.93 bits per heavy atom. The standard InChI is InChI=1S/C20H21N5O3/c1-4-28-16-7-5-15(6-8-16)24-18(26)12-25-19(17-11-21-9-10-22-17)23-14(3)13(2)20(25)27/h5-11H,4,12H2,1-3H3,(H,24,26). The molecule has 0 aliphatic rings. The van der Waals surface area contributed by atoms with Gasteiger partial charge in [0, 0.05) is 29.3 Å². The monoisotopic (exact) mass is 379 g/mol. The van der Waals surface area contributed by atoms with Gasteiger partial charge in [0.05, 0.1) is 12.8 Å². The largest absolute Gasteiger partial charge is 0.494 e. The van der Waals surface area contributed by atoms with Gasteiger partial charge in [-0.2, -0.15) is 0 Å². The van der Waals surface area contributed by atoms with Crippen molar-refractivity contribution in [1.29, 1.82) is 0 Å². The van der Waals surface area contributed by atoms with Crippen LogP contribution in [-0.2, 0) is 11.3 Å². The summed E-state index contributed by atoms with van der Waals surface area (Å²) in [6.45, 7) is 5.72. The molecule has 28 heavy (non-hydrogen) atoms. The van der Waals surface area contributed by atoms with Crippen molar-refractivity contribution in [2.45, 2.75) is 27.3 Å². The molecule has 8 nitrogen and oxygen atoms in total. The first-order valence-electron chi connectivity index (χ1n) is 8.86. The molecular weight excluding hydrogens is 358 g/mol. The normalized spacial score (nSPS) is 10.5. The fraction of sp³-hybridized carbons (Fsp3) is 0.250. The zero-order chi connectivity index (χ0) is 20.1. The van der Waals surface area contributed by atoms with Crippen LogP contribution in [0.4, 0.5) is 5.69 Å². The van der Waals surface area contributed by atoms with Crippen molar-refractivity contribution in [3.63, 3.8) is 0 Å². The van der Waals surface area contributed by atoms with Gasteiger partial charge in [-0.05, 0) is 45.0 Å². The second-order valence-electron chi connectivity index (χ2n) is 6.13. The maximum Gasteiger partial charge on any atom is 0.257 e. The minimum Gasteiger partial charge on any atom is -0.494 e. The molecule has 0 saturated heterocycles. The van der Waals surface area contributed by atoms with Crippen molar-refractivity contribution in [2.75, 3.05) is 11.9 Å². The van der Waals surface area contributed by atoms with Gasteiger partial charge in [0.1, 0.15) is 18.0 Å². The highest BCUT2D eigenvalue weighted by Gasteiger charge is 2.17. The van der Waals surface area contributed by atoms with Crippen molar-refractivity contribution >= 4 is 11.6 Å². The third-order valence-corrected chi connectivity index (χ3v) is 4.18. The van der Waals surface area contributed by atoms with Crippen LogP contribution in [0.25, 0.3) is 11.5 Å². The SMILES string of the molecule is CCOc1ccc(NC(=O)Cn2c(-c3cnccn3)nc(C)c(C)c2=O)cc1. The highest BCUT2D eigenvalue weighted by Crippen LogP contribution is 2.17. The number of hydrogen-bond donors (Lipinski definition) is 1. The number of rotatable bonds is 6. The maximum absolute atomic E-state index is 12.8. The van der Waals surface area contributed by atoms with Crippen molar-refractivity contribution in [2.24, 2.45) is 0 Å². The Kier molecular flexibility index (Phi) is 5.78. The maximum atomic E-state index is 12.8. The molecule has 0 radical (unpaired) electrons. The number of aromatic nitrogens is 4. The van der Waals surface area contributed by atoms with Gasteiger partial charge in [-0.3, -0.25) is 19.1 Å². The number of carbonyl (C=O) groups is 1. The van der Waals surface area contributed by atoms with Crippen LogP contribution in [0.15, 0.2) is 47.7 Å². The Bertz CT molecular complexity index is 1030. The molecule has 0 fully saturated rings. The molecule has 1 N–H and O–H groups in total. The zero-order valence-electron chi connectivity index (χ0n) is 16.0. The minimum absolute atomic E-state index is 0.188. The smallest absolute Gasteiger partial charge is 0.257 e. The lowest BCUT2D eigenvalue weighted by atomic mass is 10.2. The average Bonchev–Trinajstić information content (AvgIpc) is 2.70. The fourth-order valence-corrected chi connectivity index (χ4v) is 2.66. The minimum atomic E-state index is -0.346. The second kappa shape index (κ2) is 8.43.